The van der Waals surface area contributed by atoms with E-state index in [0.29, 0.717) is 28.6 Å². The number of hydrogen-bond acceptors (Lipinski definition) is 6. The summed E-state index contributed by atoms with van der Waals surface area (Å²) >= 11 is 1.53. The minimum absolute atomic E-state index is 0.0116. The highest BCUT2D eigenvalue weighted by Crippen LogP contribution is 2.40. The van der Waals surface area contributed by atoms with Gasteiger partial charge in [0.25, 0.3) is 0 Å². The zero-order chi connectivity index (χ0) is 14.5. The number of nitrogens with zero attached hydrogens (tertiary/aromatic N) is 3. The van der Waals surface area contributed by atoms with E-state index < -0.39 is 0 Å². The first-order chi connectivity index (χ1) is 9.61. The lowest BCUT2D eigenvalue weighted by Gasteiger charge is -2.25. The molecule has 20 heavy (non-hydrogen) atoms. The molecule has 0 spiro atoms. The van der Waals surface area contributed by atoms with Gasteiger partial charge in [-0.1, -0.05) is 31.5 Å². The summed E-state index contributed by atoms with van der Waals surface area (Å²) in [5, 5.41) is 15.1. The molecule has 2 rings (SSSR count). The fraction of sp³-hybridized carbons (Fsp3) is 0.692. The molecule has 0 aromatic carbocycles. The molecule has 1 heterocycles. The van der Waals surface area contributed by atoms with Gasteiger partial charge >= 0.3 is 5.69 Å². The fourth-order valence-corrected chi connectivity index (χ4v) is 3.97. The second-order valence-corrected chi connectivity index (χ2v) is 6.46. The summed E-state index contributed by atoms with van der Waals surface area (Å²) in [5.41, 5.74) is 0.0116. The van der Waals surface area contributed by atoms with E-state index in [1.807, 2.05) is 6.92 Å². The van der Waals surface area contributed by atoms with Crippen molar-refractivity contribution in [2.24, 2.45) is 5.92 Å². The van der Waals surface area contributed by atoms with Gasteiger partial charge in [0.15, 0.2) is 5.03 Å². The number of rotatable bonds is 5. The van der Waals surface area contributed by atoms with Crippen molar-refractivity contribution in [3.05, 3.63) is 16.4 Å². The van der Waals surface area contributed by atoms with Crippen LogP contribution >= 0.6 is 11.8 Å². The molecule has 1 N–H and O–H groups in total. The van der Waals surface area contributed by atoms with Gasteiger partial charge in [0.05, 0.1) is 4.92 Å². The lowest BCUT2D eigenvalue weighted by atomic mass is 9.91. The lowest BCUT2D eigenvalue weighted by Crippen LogP contribution is -2.15. The van der Waals surface area contributed by atoms with Crippen LogP contribution in [0.2, 0.25) is 0 Å². The van der Waals surface area contributed by atoms with Crippen LogP contribution in [0.1, 0.15) is 39.5 Å². The van der Waals surface area contributed by atoms with Crippen molar-refractivity contribution in [2.75, 3.05) is 11.9 Å². The largest absolute Gasteiger partial charge is 0.364 e. The molecule has 0 amide bonds. The van der Waals surface area contributed by atoms with Crippen molar-refractivity contribution in [3.63, 3.8) is 0 Å². The molecule has 110 valence electrons. The number of thioether (sulfide) groups is 1. The first-order valence-corrected chi connectivity index (χ1v) is 7.89. The van der Waals surface area contributed by atoms with Gasteiger partial charge in [0.2, 0.25) is 5.82 Å². The molecule has 0 saturated heterocycles. The van der Waals surface area contributed by atoms with Crippen LogP contribution in [0.25, 0.3) is 0 Å². The standard InChI is InChI=1S/C13H20N4O2S/c1-3-14-12-11(17(18)19)13(16-8-15-12)20-10-6-4-5-9(2)7-10/h8-10H,3-7H2,1-2H3,(H,14,15,16). The van der Waals surface area contributed by atoms with E-state index in [1.54, 1.807) is 0 Å². The zero-order valence-electron chi connectivity index (χ0n) is 11.8. The summed E-state index contributed by atoms with van der Waals surface area (Å²) in [6, 6.07) is 0. The van der Waals surface area contributed by atoms with Crippen LogP contribution in [0.4, 0.5) is 11.5 Å². The highest BCUT2D eigenvalue weighted by atomic mass is 32.2. The Hall–Kier alpha value is -1.37. The van der Waals surface area contributed by atoms with E-state index in [4.69, 9.17) is 0 Å². The molecule has 2 atom stereocenters. The van der Waals surface area contributed by atoms with Gasteiger partial charge in [0, 0.05) is 11.8 Å². The third kappa shape index (κ3) is 3.59. The monoisotopic (exact) mass is 296 g/mol. The molecule has 7 heteroatoms. The molecular formula is C13H20N4O2S. The average Bonchev–Trinajstić information content (AvgIpc) is 2.39. The molecular weight excluding hydrogens is 276 g/mol. The summed E-state index contributed by atoms with van der Waals surface area (Å²) in [5.74, 6) is 1.01. The molecule has 1 saturated carbocycles. The van der Waals surface area contributed by atoms with Crippen LogP contribution in [0, 0.1) is 16.0 Å². The van der Waals surface area contributed by atoms with Gasteiger partial charge < -0.3 is 5.32 Å². The van der Waals surface area contributed by atoms with Gasteiger partial charge in [-0.3, -0.25) is 10.1 Å². The van der Waals surface area contributed by atoms with Crippen LogP contribution < -0.4 is 5.32 Å². The van der Waals surface area contributed by atoms with Gasteiger partial charge in [0.1, 0.15) is 6.33 Å². The number of aromatic nitrogens is 2. The molecule has 1 aromatic heterocycles. The third-order valence-electron chi connectivity index (χ3n) is 3.48. The molecule has 2 unspecified atom stereocenters. The Bertz CT molecular complexity index is 483. The number of anilines is 1. The van der Waals surface area contributed by atoms with E-state index >= 15 is 0 Å². The Kier molecular flexibility index (Phi) is 5.17. The van der Waals surface area contributed by atoms with Crippen molar-refractivity contribution >= 4 is 23.3 Å². The summed E-state index contributed by atoms with van der Waals surface area (Å²) in [6.07, 6.45) is 6.05. The molecule has 0 aliphatic heterocycles. The van der Waals surface area contributed by atoms with Crippen molar-refractivity contribution in [1.82, 2.24) is 9.97 Å². The summed E-state index contributed by atoms with van der Waals surface area (Å²) in [4.78, 5) is 19.0. The molecule has 0 radical (unpaired) electrons. The predicted molar refractivity (Wildman–Crippen MR) is 80.1 cm³/mol. The lowest BCUT2D eigenvalue weighted by molar-refractivity contribution is -0.387. The molecule has 6 nitrogen and oxygen atoms in total. The first kappa shape index (κ1) is 15.0. The highest BCUT2D eigenvalue weighted by molar-refractivity contribution is 8.00. The summed E-state index contributed by atoms with van der Waals surface area (Å²) in [6.45, 7) is 4.73. The average molecular weight is 296 g/mol. The van der Waals surface area contributed by atoms with E-state index in [2.05, 4.69) is 22.2 Å². The first-order valence-electron chi connectivity index (χ1n) is 7.01. The smallest absolute Gasteiger partial charge is 0.343 e. The Morgan fingerprint density at radius 3 is 2.95 bits per heavy atom. The summed E-state index contributed by atoms with van der Waals surface area (Å²) in [7, 11) is 0. The van der Waals surface area contributed by atoms with Gasteiger partial charge in [-0.25, -0.2) is 9.97 Å². The van der Waals surface area contributed by atoms with E-state index in [1.165, 1.54) is 30.9 Å². The Morgan fingerprint density at radius 2 is 2.30 bits per heavy atom. The van der Waals surface area contributed by atoms with Gasteiger partial charge in [-0.15, -0.1) is 0 Å². The molecule has 1 aromatic rings. The second kappa shape index (κ2) is 6.88. The molecule has 0 bridgehead atoms. The SMILES string of the molecule is CCNc1ncnc(SC2CCCC(C)C2)c1[N+](=O)[O-]. The molecule has 1 aliphatic carbocycles. The van der Waals surface area contributed by atoms with Crippen LogP contribution in [-0.4, -0.2) is 26.7 Å². The Labute approximate surface area is 122 Å². The Balaban J connectivity index is 2.21. The van der Waals surface area contributed by atoms with E-state index in [0.717, 1.165) is 12.8 Å². The van der Waals surface area contributed by atoms with Crippen molar-refractivity contribution in [2.45, 2.75) is 49.8 Å². The maximum Gasteiger partial charge on any atom is 0.343 e. The quantitative estimate of drug-likeness (QED) is 0.509. The van der Waals surface area contributed by atoms with Crippen molar-refractivity contribution < 1.29 is 4.92 Å². The van der Waals surface area contributed by atoms with Crippen LogP contribution in [0.5, 0.6) is 0 Å². The summed E-state index contributed by atoms with van der Waals surface area (Å²) < 4.78 is 0. The minimum atomic E-state index is -0.382. The van der Waals surface area contributed by atoms with Gasteiger partial charge in [-0.05, 0) is 25.7 Å². The second-order valence-electron chi connectivity index (χ2n) is 5.18. The highest BCUT2D eigenvalue weighted by Gasteiger charge is 2.27. The van der Waals surface area contributed by atoms with Gasteiger partial charge in [-0.2, -0.15) is 0 Å². The van der Waals surface area contributed by atoms with Crippen LogP contribution in [0.15, 0.2) is 11.4 Å². The normalized spacial score (nSPS) is 22.5. The van der Waals surface area contributed by atoms with E-state index in [-0.39, 0.29) is 10.6 Å². The van der Waals surface area contributed by atoms with Crippen molar-refractivity contribution in [1.29, 1.82) is 0 Å². The van der Waals surface area contributed by atoms with Crippen LogP contribution in [0.3, 0.4) is 0 Å². The minimum Gasteiger partial charge on any atom is -0.364 e. The third-order valence-corrected chi connectivity index (χ3v) is 4.77. The number of hydrogen-bond donors (Lipinski definition) is 1. The zero-order valence-corrected chi connectivity index (χ0v) is 12.7. The van der Waals surface area contributed by atoms with Crippen molar-refractivity contribution in [3.8, 4) is 0 Å². The Morgan fingerprint density at radius 1 is 1.50 bits per heavy atom. The fourth-order valence-electron chi connectivity index (χ4n) is 2.55. The maximum atomic E-state index is 11.3. The number of nitro groups is 1. The topological polar surface area (TPSA) is 81.0 Å². The van der Waals surface area contributed by atoms with E-state index in [9.17, 15) is 10.1 Å². The molecule has 1 fully saturated rings. The molecule has 1 aliphatic rings. The van der Waals surface area contributed by atoms with Crippen LogP contribution in [-0.2, 0) is 0 Å². The number of nitrogens with one attached hydrogen (secondary N) is 1. The predicted octanol–water partition coefficient (Wildman–Crippen LogP) is 3.49. The maximum absolute atomic E-state index is 11.3.